The fourth-order valence-corrected chi connectivity index (χ4v) is 3.90. The highest BCUT2D eigenvalue weighted by Crippen LogP contribution is 2.42. The smallest absolute Gasteiger partial charge is 0.119 e. The molecule has 0 bridgehead atoms. The summed E-state index contributed by atoms with van der Waals surface area (Å²) >= 11 is 1.81. The molecule has 1 aliphatic carbocycles. The van der Waals surface area contributed by atoms with Crippen molar-refractivity contribution in [1.29, 1.82) is 0 Å². The zero-order chi connectivity index (χ0) is 13.2. The Bertz CT molecular complexity index is 561. The third kappa shape index (κ3) is 2.40. The fourth-order valence-electron chi connectivity index (χ4n) is 2.91. The Labute approximate surface area is 117 Å². The number of aliphatic hydroxyl groups is 1. The second-order valence-electron chi connectivity index (χ2n) is 5.02. The van der Waals surface area contributed by atoms with Crippen LogP contribution in [0.3, 0.4) is 0 Å². The summed E-state index contributed by atoms with van der Waals surface area (Å²) in [6.07, 6.45) is 2.94. The third-order valence-electron chi connectivity index (χ3n) is 3.91. The van der Waals surface area contributed by atoms with Gasteiger partial charge >= 0.3 is 0 Å². The van der Waals surface area contributed by atoms with E-state index >= 15 is 0 Å². The Hall–Kier alpha value is -1.32. The minimum atomic E-state index is -0.441. The van der Waals surface area contributed by atoms with E-state index in [1.54, 1.807) is 7.11 Å². The summed E-state index contributed by atoms with van der Waals surface area (Å²) in [5.74, 6) is 1.03. The Balaban J connectivity index is 1.90. The van der Waals surface area contributed by atoms with Crippen LogP contribution in [0.2, 0.25) is 0 Å². The lowest BCUT2D eigenvalue weighted by Crippen LogP contribution is -2.15. The lowest BCUT2D eigenvalue weighted by Gasteiger charge is -2.27. The SMILES string of the molecule is COc1cccc(C(O)C2CCCc3sccc32)c1. The van der Waals surface area contributed by atoms with Gasteiger partial charge in [0.25, 0.3) is 0 Å². The van der Waals surface area contributed by atoms with E-state index in [1.165, 1.54) is 16.9 Å². The molecule has 2 atom stereocenters. The number of hydrogen-bond donors (Lipinski definition) is 1. The van der Waals surface area contributed by atoms with Crippen LogP contribution in [0.4, 0.5) is 0 Å². The summed E-state index contributed by atoms with van der Waals surface area (Å²) < 4.78 is 5.24. The van der Waals surface area contributed by atoms with Crippen molar-refractivity contribution in [2.45, 2.75) is 31.3 Å². The molecule has 3 heteroatoms. The molecule has 0 amide bonds. The van der Waals surface area contributed by atoms with E-state index < -0.39 is 6.10 Å². The first-order valence-corrected chi connectivity index (χ1v) is 7.56. The van der Waals surface area contributed by atoms with Crippen LogP contribution in [0.1, 0.15) is 40.9 Å². The van der Waals surface area contributed by atoms with Gasteiger partial charge in [0.1, 0.15) is 5.75 Å². The maximum Gasteiger partial charge on any atom is 0.119 e. The first-order chi connectivity index (χ1) is 9.29. The van der Waals surface area contributed by atoms with Crippen LogP contribution in [-0.4, -0.2) is 12.2 Å². The van der Waals surface area contributed by atoms with Crippen LogP contribution >= 0.6 is 11.3 Å². The zero-order valence-corrected chi connectivity index (χ0v) is 11.8. The normalized spacial score (nSPS) is 19.8. The van der Waals surface area contributed by atoms with Crippen LogP contribution in [-0.2, 0) is 6.42 Å². The second kappa shape index (κ2) is 5.35. The third-order valence-corrected chi connectivity index (χ3v) is 4.91. The first-order valence-electron chi connectivity index (χ1n) is 6.68. The highest BCUT2D eigenvalue weighted by molar-refractivity contribution is 7.10. The van der Waals surface area contributed by atoms with Gasteiger partial charge in [-0.15, -0.1) is 11.3 Å². The lowest BCUT2D eigenvalue weighted by molar-refractivity contribution is 0.136. The highest BCUT2D eigenvalue weighted by atomic mass is 32.1. The predicted octanol–water partition coefficient (Wildman–Crippen LogP) is 3.91. The molecule has 1 aromatic carbocycles. The van der Waals surface area contributed by atoms with Crippen LogP contribution in [0.5, 0.6) is 5.75 Å². The summed E-state index contributed by atoms with van der Waals surface area (Å²) in [5, 5.41) is 12.8. The van der Waals surface area contributed by atoms with Crippen molar-refractivity contribution in [3.63, 3.8) is 0 Å². The van der Waals surface area contributed by atoms with E-state index in [1.807, 2.05) is 35.6 Å². The van der Waals surface area contributed by atoms with Crippen molar-refractivity contribution in [3.05, 3.63) is 51.7 Å². The molecule has 19 heavy (non-hydrogen) atoms. The molecule has 2 nitrogen and oxygen atoms in total. The van der Waals surface area contributed by atoms with Gasteiger partial charge in [-0.1, -0.05) is 12.1 Å². The monoisotopic (exact) mass is 274 g/mol. The molecule has 0 saturated carbocycles. The van der Waals surface area contributed by atoms with Crippen molar-refractivity contribution in [2.75, 3.05) is 7.11 Å². The van der Waals surface area contributed by atoms with E-state index in [-0.39, 0.29) is 5.92 Å². The number of hydrogen-bond acceptors (Lipinski definition) is 3. The maximum absolute atomic E-state index is 10.7. The molecule has 0 aliphatic heterocycles. The Morgan fingerprint density at radius 3 is 3.11 bits per heavy atom. The first kappa shape index (κ1) is 12.7. The van der Waals surface area contributed by atoms with Crippen molar-refractivity contribution in [1.82, 2.24) is 0 Å². The molecular formula is C16H18O2S. The van der Waals surface area contributed by atoms with Crippen LogP contribution in [0.15, 0.2) is 35.7 Å². The van der Waals surface area contributed by atoms with Gasteiger partial charge in [-0.3, -0.25) is 0 Å². The molecule has 0 spiro atoms. The predicted molar refractivity (Wildman–Crippen MR) is 78.0 cm³/mol. The quantitative estimate of drug-likeness (QED) is 0.919. The molecular weight excluding hydrogens is 256 g/mol. The largest absolute Gasteiger partial charge is 0.497 e. The number of ether oxygens (including phenoxy) is 1. The summed E-state index contributed by atoms with van der Waals surface area (Å²) in [6.45, 7) is 0. The molecule has 1 heterocycles. The molecule has 2 aromatic rings. The summed E-state index contributed by atoms with van der Waals surface area (Å²) in [6, 6.07) is 9.94. The van der Waals surface area contributed by atoms with Crippen molar-refractivity contribution < 1.29 is 9.84 Å². The van der Waals surface area contributed by atoms with Crippen molar-refractivity contribution in [3.8, 4) is 5.75 Å². The molecule has 0 fully saturated rings. The number of aliphatic hydroxyl groups excluding tert-OH is 1. The van der Waals surface area contributed by atoms with E-state index in [4.69, 9.17) is 4.74 Å². The van der Waals surface area contributed by atoms with Gasteiger partial charge in [0, 0.05) is 10.8 Å². The summed E-state index contributed by atoms with van der Waals surface area (Å²) in [7, 11) is 1.66. The van der Waals surface area contributed by atoms with Gasteiger partial charge in [0.15, 0.2) is 0 Å². The van der Waals surface area contributed by atoms with Crippen LogP contribution < -0.4 is 4.74 Å². The summed E-state index contributed by atoms with van der Waals surface area (Å²) in [4.78, 5) is 1.44. The molecule has 100 valence electrons. The highest BCUT2D eigenvalue weighted by Gasteiger charge is 2.28. The Kier molecular flexibility index (Phi) is 3.58. The minimum absolute atomic E-state index is 0.224. The average Bonchev–Trinajstić information content (AvgIpc) is 2.95. The van der Waals surface area contributed by atoms with Gasteiger partial charge < -0.3 is 9.84 Å². The average molecular weight is 274 g/mol. The Morgan fingerprint density at radius 2 is 2.26 bits per heavy atom. The Morgan fingerprint density at radius 1 is 1.37 bits per heavy atom. The number of aryl methyl sites for hydroxylation is 1. The van der Waals surface area contributed by atoms with Gasteiger partial charge in [0.05, 0.1) is 13.2 Å². The minimum Gasteiger partial charge on any atom is -0.497 e. The lowest BCUT2D eigenvalue weighted by atomic mass is 9.81. The van der Waals surface area contributed by atoms with Crippen molar-refractivity contribution in [2.24, 2.45) is 0 Å². The zero-order valence-electron chi connectivity index (χ0n) is 11.0. The maximum atomic E-state index is 10.7. The summed E-state index contributed by atoms with van der Waals surface area (Å²) in [5.41, 5.74) is 2.29. The van der Waals surface area contributed by atoms with Gasteiger partial charge in [-0.2, -0.15) is 0 Å². The molecule has 1 aromatic heterocycles. The van der Waals surface area contributed by atoms with E-state index in [0.717, 1.165) is 24.2 Å². The van der Waals surface area contributed by atoms with E-state index in [2.05, 4.69) is 11.4 Å². The molecule has 3 rings (SSSR count). The molecule has 0 radical (unpaired) electrons. The van der Waals surface area contributed by atoms with Crippen LogP contribution in [0.25, 0.3) is 0 Å². The number of fused-ring (bicyclic) bond motifs is 1. The van der Waals surface area contributed by atoms with E-state index in [9.17, 15) is 5.11 Å². The van der Waals surface area contributed by atoms with Crippen LogP contribution in [0, 0.1) is 0 Å². The number of rotatable bonds is 3. The van der Waals surface area contributed by atoms with Gasteiger partial charge in [0.2, 0.25) is 0 Å². The van der Waals surface area contributed by atoms with E-state index in [0.29, 0.717) is 0 Å². The molecule has 1 aliphatic rings. The second-order valence-corrected chi connectivity index (χ2v) is 6.02. The van der Waals surface area contributed by atoms with Crippen molar-refractivity contribution >= 4 is 11.3 Å². The molecule has 2 unspecified atom stereocenters. The topological polar surface area (TPSA) is 29.5 Å². The number of thiophene rings is 1. The van der Waals surface area contributed by atoms with Gasteiger partial charge in [-0.05, 0) is 54.0 Å². The standard InChI is InChI=1S/C16H18O2S/c1-18-12-5-2-4-11(10-12)16(17)14-6-3-7-15-13(14)8-9-19-15/h2,4-5,8-10,14,16-17H,3,6-7H2,1H3. The van der Waals surface area contributed by atoms with Gasteiger partial charge in [-0.25, -0.2) is 0 Å². The molecule has 1 N–H and O–H groups in total. The molecule has 0 saturated heterocycles. The number of benzene rings is 1. The number of methoxy groups -OCH3 is 1. The fraction of sp³-hybridized carbons (Fsp3) is 0.375.